The third-order valence-corrected chi connectivity index (χ3v) is 4.44. The van der Waals surface area contributed by atoms with E-state index < -0.39 is 23.2 Å². The summed E-state index contributed by atoms with van der Waals surface area (Å²) in [7, 11) is 0. The van der Waals surface area contributed by atoms with Crippen LogP contribution in [0.3, 0.4) is 0 Å². The van der Waals surface area contributed by atoms with Crippen LogP contribution in [-0.4, -0.2) is 23.6 Å². The third kappa shape index (κ3) is 2.15. The van der Waals surface area contributed by atoms with Crippen LogP contribution in [0, 0.1) is 5.92 Å². The Bertz CT molecular complexity index is 520. The Kier molecular flexibility index (Phi) is 2.96. The molecule has 1 N–H and O–H groups in total. The van der Waals surface area contributed by atoms with Crippen LogP contribution in [0.25, 0.3) is 0 Å². The number of carboxylic acid groups (broad SMARTS) is 1. The van der Waals surface area contributed by atoms with Gasteiger partial charge in [0.15, 0.2) is 0 Å². The number of alkyl halides is 2. The van der Waals surface area contributed by atoms with E-state index in [4.69, 9.17) is 4.74 Å². The lowest BCUT2D eigenvalue weighted by Crippen LogP contribution is -2.42. The minimum Gasteiger partial charge on any atom is -0.493 e. The number of carbonyl (C=O) groups is 1. The minimum atomic E-state index is -2.60. The predicted molar refractivity (Wildman–Crippen MR) is 68.2 cm³/mol. The van der Waals surface area contributed by atoms with E-state index in [1.54, 1.807) is 24.3 Å². The lowest BCUT2D eigenvalue weighted by molar-refractivity contribution is -0.143. The van der Waals surface area contributed by atoms with Gasteiger partial charge in [-0.2, -0.15) is 0 Å². The molecule has 20 heavy (non-hydrogen) atoms. The van der Waals surface area contributed by atoms with E-state index in [9.17, 15) is 18.7 Å². The monoisotopic (exact) mass is 282 g/mol. The minimum absolute atomic E-state index is 0.0103. The number of ether oxygens (including phenoxy) is 1. The highest BCUT2D eigenvalue weighted by Crippen LogP contribution is 2.48. The number of halogens is 2. The second-order valence-corrected chi connectivity index (χ2v) is 5.72. The van der Waals surface area contributed by atoms with Crippen molar-refractivity contribution in [1.29, 1.82) is 0 Å². The standard InChI is InChI=1S/C15H16F2O3/c16-15(17)6-5-11(15)9-20-12-3-1-10(2-4-12)14(7-8-14)13(18)19/h1-4,11H,5-9H2,(H,18,19)/t11-/m0/s1. The van der Waals surface area contributed by atoms with Gasteiger partial charge in [-0.3, -0.25) is 4.79 Å². The van der Waals surface area contributed by atoms with Gasteiger partial charge in [0.25, 0.3) is 5.92 Å². The summed E-state index contributed by atoms with van der Waals surface area (Å²) in [6.45, 7) is 0.0103. The smallest absolute Gasteiger partial charge is 0.314 e. The Hall–Kier alpha value is -1.65. The summed E-state index contributed by atoms with van der Waals surface area (Å²) in [5, 5.41) is 9.19. The summed E-state index contributed by atoms with van der Waals surface area (Å²) in [4.78, 5) is 11.2. The van der Waals surface area contributed by atoms with E-state index >= 15 is 0 Å². The first-order valence-electron chi connectivity index (χ1n) is 6.79. The van der Waals surface area contributed by atoms with Crippen molar-refractivity contribution in [2.45, 2.75) is 37.0 Å². The van der Waals surface area contributed by atoms with Crippen LogP contribution in [0.1, 0.15) is 31.2 Å². The molecule has 3 nitrogen and oxygen atoms in total. The molecule has 3 rings (SSSR count). The zero-order valence-corrected chi connectivity index (χ0v) is 10.9. The lowest BCUT2D eigenvalue weighted by Gasteiger charge is -2.35. The van der Waals surface area contributed by atoms with Crippen molar-refractivity contribution in [3.8, 4) is 5.75 Å². The fourth-order valence-electron chi connectivity index (χ4n) is 2.59. The Labute approximate surface area is 115 Å². The molecule has 0 aliphatic heterocycles. The van der Waals surface area contributed by atoms with Gasteiger partial charge in [-0.15, -0.1) is 0 Å². The van der Waals surface area contributed by atoms with E-state index in [2.05, 4.69) is 0 Å². The molecule has 2 saturated carbocycles. The largest absolute Gasteiger partial charge is 0.493 e. The van der Waals surface area contributed by atoms with E-state index in [1.807, 2.05) is 0 Å². The number of hydrogen-bond donors (Lipinski definition) is 1. The summed E-state index contributed by atoms with van der Waals surface area (Å²) < 4.78 is 31.5. The summed E-state index contributed by atoms with van der Waals surface area (Å²) in [5.74, 6) is -3.59. The number of benzene rings is 1. The van der Waals surface area contributed by atoms with Crippen molar-refractivity contribution in [2.75, 3.05) is 6.61 Å². The Morgan fingerprint density at radius 3 is 2.30 bits per heavy atom. The van der Waals surface area contributed by atoms with Crippen LogP contribution in [0.4, 0.5) is 8.78 Å². The van der Waals surface area contributed by atoms with Crippen molar-refractivity contribution in [2.24, 2.45) is 5.92 Å². The van der Waals surface area contributed by atoms with E-state index in [0.717, 1.165) is 5.56 Å². The summed E-state index contributed by atoms with van der Waals surface area (Å²) in [6.07, 6.45) is 1.74. The van der Waals surface area contributed by atoms with Gasteiger partial charge in [-0.25, -0.2) is 8.78 Å². The molecule has 0 radical (unpaired) electrons. The molecule has 0 bridgehead atoms. The molecular formula is C15H16F2O3. The number of aliphatic carboxylic acids is 1. The number of hydrogen-bond acceptors (Lipinski definition) is 2. The number of rotatable bonds is 5. The Balaban J connectivity index is 1.61. The second kappa shape index (κ2) is 4.43. The van der Waals surface area contributed by atoms with Crippen LogP contribution in [0.2, 0.25) is 0 Å². The SMILES string of the molecule is O=C(O)C1(c2ccc(OC[C@@H]3CCC3(F)F)cc2)CC1. The van der Waals surface area contributed by atoms with Crippen molar-refractivity contribution < 1.29 is 23.4 Å². The van der Waals surface area contributed by atoms with Crippen LogP contribution >= 0.6 is 0 Å². The molecule has 0 heterocycles. The quantitative estimate of drug-likeness (QED) is 0.902. The lowest BCUT2D eigenvalue weighted by atomic mass is 9.81. The molecule has 108 valence electrons. The van der Waals surface area contributed by atoms with Gasteiger partial charge in [0.2, 0.25) is 0 Å². The first-order valence-corrected chi connectivity index (χ1v) is 6.79. The zero-order valence-electron chi connectivity index (χ0n) is 10.9. The van der Waals surface area contributed by atoms with E-state index in [0.29, 0.717) is 25.0 Å². The van der Waals surface area contributed by atoms with Crippen molar-refractivity contribution in [3.05, 3.63) is 29.8 Å². The second-order valence-electron chi connectivity index (χ2n) is 5.72. The summed E-state index contributed by atoms with van der Waals surface area (Å²) >= 11 is 0. The maximum Gasteiger partial charge on any atom is 0.314 e. The highest BCUT2D eigenvalue weighted by Gasteiger charge is 2.51. The molecule has 0 unspecified atom stereocenters. The fraction of sp³-hybridized carbons (Fsp3) is 0.533. The molecule has 0 spiro atoms. The normalized spacial score (nSPS) is 25.6. The van der Waals surface area contributed by atoms with E-state index in [1.165, 1.54) is 0 Å². The first-order chi connectivity index (χ1) is 9.44. The van der Waals surface area contributed by atoms with Crippen molar-refractivity contribution in [3.63, 3.8) is 0 Å². The van der Waals surface area contributed by atoms with Gasteiger partial charge in [-0.05, 0) is 37.0 Å². The van der Waals surface area contributed by atoms with Crippen LogP contribution < -0.4 is 4.74 Å². The van der Waals surface area contributed by atoms with Gasteiger partial charge >= 0.3 is 5.97 Å². The molecule has 1 aromatic carbocycles. The summed E-state index contributed by atoms with van der Waals surface area (Å²) in [6, 6.07) is 6.76. The molecule has 2 aliphatic carbocycles. The maximum atomic E-state index is 13.1. The summed E-state index contributed by atoms with van der Waals surface area (Å²) in [5.41, 5.74) is 0.0193. The topological polar surface area (TPSA) is 46.5 Å². The molecule has 0 aromatic heterocycles. The highest BCUT2D eigenvalue weighted by atomic mass is 19.3. The zero-order chi connectivity index (χ0) is 14.4. The Morgan fingerprint density at radius 1 is 1.25 bits per heavy atom. The predicted octanol–water partition coefficient (Wildman–Crippen LogP) is 3.23. The third-order valence-electron chi connectivity index (χ3n) is 4.44. The molecule has 0 amide bonds. The van der Waals surface area contributed by atoms with Gasteiger partial charge in [-0.1, -0.05) is 12.1 Å². The average Bonchev–Trinajstić information content (AvgIpc) is 3.20. The van der Waals surface area contributed by atoms with Crippen LogP contribution in [0.15, 0.2) is 24.3 Å². The highest BCUT2D eigenvalue weighted by molar-refractivity contribution is 5.84. The van der Waals surface area contributed by atoms with Gasteiger partial charge in [0, 0.05) is 6.42 Å². The van der Waals surface area contributed by atoms with Gasteiger partial charge in [0.05, 0.1) is 17.9 Å². The average molecular weight is 282 g/mol. The molecule has 1 aromatic rings. The number of carboxylic acids is 1. The van der Waals surface area contributed by atoms with Crippen molar-refractivity contribution >= 4 is 5.97 Å². The van der Waals surface area contributed by atoms with E-state index in [-0.39, 0.29) is 13.0 Å². The molecule has 5 heteroatoms. The Morgan fingerprint density at radius 2 is 1.90 bits per heavy atom. The molecular weight excluding hydrogens is 266 g/mol. The molecule has 2 aliphatic rings. The van der Waals surface area contributed by atoms with Crippen molar-refractivity contribution in [1.82, 2.24) is 0 Å². The first kappa shape index (κ1) is 13.3. The maximum absolute atomic E-state index is 13.1. The van der Waals surface area contributed by atoms with Gasteiger partial charge < -0.3 is 9.84 Å². The molecule has 2 fully saturated rings. The fourth-order valence-corrected chi connectivity index (χ4v) is 2.59. The molecule has 1 atom stereocenters. The molecule has 0 saturated heterocycles. The van der Waals surface area contributed by atoms with Crippen LogP contribution in [-0.2, 0) is 10.2 Å². The van der Waals surface area contributed by atoms with Gasteiger partial charge in [0.1, 0.15) is 5.75 Å². The van der Waals surface area contributed by atoms with Crippen LogP contribution in [0.5, 0.6) is 5.75 Å².